The molecule has 0 unspecified atom stereocenters. The number of ether oxygens (including phenoxy) is 1. The van der Waals surface area contributed by atoms with Crippen LogP contribution in [0.3, 0.4) is 0 Å². The zero-order chi connectivity index (χ0) is 14.0. The highest BCUT2D eigenvalue weighted by Crippen LogP contribution is 2.40. The molecule has 2 atom stereocenters. The van der Waals surface area contributed by atoms with Crippen LogP contribution in [0.1, 0.15) is 39.5 Å². The summed E-state index contributed by atoms with van der Waals surface area (Å²) in [6.07, 6.45) is 3.27. The number of hydrogen-bond donors (Lipinski definition) is 2. The van der Waals surface area contributed by atoms with E-state index >= 15 is 0 Å². The first-order chi connectivity index (χ1) is 8.99. The molecule has 0 bridgehead atoms. The fourth-order valence-corrected chi connectivity index (χ4v) is 3.30. The molecule has 0 aromatic rings. The maximum Gasteiger partial charge on any atom is 0.236 e. The number of hydrogen-bond acceptors (Lipinski definition) is 4. The van der Waals surface area contributed by atoms with Crippen molar-refractivity contribution < 1.29 is 14.7 Å². The van der Waals surface area contributed by atoms with Crippen LogP contribution in [-0.2, 0) is 9.53 Å². The predicted octanol–water partition coefficient (Wildman–Crippen LogP) is 0.929. The minimum Gasteiger partial charge on any atom is -0.409 e. The SMILES string of the molecule is C[C@@H]1CN(C(=O)C2(C(N)=NO)CCCC2)C[C@H](C)O1. The fourth-order valence-electron chi connectivity index (χ4n) is 3.30. The highest BCUT2D eigenvalue weighted by Gasteiger charge is 2.48. The number of morpholine rings is 1. The van der Waals surface area contributed by atoms with E-state index in [0.29, 0.717) is 25.9 Å². The fraction of sp³-hybridized carbons (Fsp3) is 0.846. The van der Waals surface area contributed by atoms with Gasteiger partial charge in [-0.2, -0.15) is 0 Å². The summed E-state index contributed by atoms with van der Waals surface area (Å²) < 4.78 is 5.64. The molecule has 2 aliphatic rings. The largest absolute Gasteiger partial charge is 0.409 e. The first-order valence-corrected chi connectivity index (χ1v) is 6.92. The Morgan fingerprint density at radius 1 is 1.32 bits per heavy atom. The van der Waals surface area contributed by atoms with E-state index in [0.717, 1.165) is 12.8 Å². The molecule has 1 amide bonds. The summed E-state index contributed by atoms with van der Waals surface area (Å²) in [4.78, 5) is 14.6. The van der Waals surface area contributed by atoms with E-state index in [1.807, 2.05) is 18.7 Å². The number of rotatable bonds is 2. The van der Waals surface area contributed by atoms with Gasteiger partial charge in [-0.15, -0.1) is 0 Å². The van der Waals surface area contributed by atoms with E-state index in [1.54, 1.807) is 0 Å². The Bertz CT molecular complexity index is 367. The molecule has 6 heteroatoms. The Morgan fingerprint density at radius 2 is 1.84 bits per heavy atom. The molecule has 3 N–H and O–H groups in total. The van der Waals surface area contributed by atoms with Crippen molar-refractivity contribution in [2.75, 3.05) is 13.1 Å². The van der Waals surface area contributed by atoms with Crippen molar-refractivity contribution in [2.24, 2.45) is 16.3 Å². The second-order valence-corrected chi connectivity index (χ2v) is 5.74. The Labute approximate surface area is 113 Å². The zero-order valence-corrected chi connectivity index (χ0v) is 11.6. The monoisotopic (exact) mass is 269 g/mol. The topological polar surface area (TPSA) is 88.2 Å². The molecule has 0 spiro atoms. The molecule has 2 rings (SSSR count). The molecule has 6 nitrogen and oxygen atoms in total. The minimum atomic E-state index is -0.800. The molecule has 1 heterocycles. The minimum absolute atomic E-state index is 0.0118. The van der Waals surface area contributed by atoms with Crippen LogP contribution in [0.4, 0.5) is 0 Å². The molecule has 0 aromatic carbocycles. The molecule has 19 heavy (non-hydrogen) atoms. The van der Waals surface area contributed by atoms with Crippen LogP contribution in [-0.4, -0.2) is 47.1 Å². The lowest BCUT2D eigenvalue weighted by molar-refractivity contribution is -0.150. The van der Waals surface area contributed by atoms with Gasteiger partial charge in [-0.3, -0.25) is 4.79 Å². The van der Waals surface area contributed by atoms with E-state index in [4.69, 9.17) is 15.7 Å². The molecule has 1 aliphatic heterocycles. The number of amides is 1. The second-order valence-electron chi connectivity index (χ2n) is 5.74. The van der Waals surface area contributed by atoms with Crippen molar-refractivity contribution >= 4 is 11.7 Å². The first kappa shape index (κ1) is 14.1. The molecule has 2 fully saturated rings. The third-order valence-electron chi connectivity index (χ3n) is 4.17. The smallest absolute Gasteiger partial charge is 0.236 e. The Morgan fingerprint density at radius 3 is 2.32 bits per heavy atom. The van der Waals surface area contributed by atoms with Gasteiger partial charge in [0.05, 0.1) is 12.2 Å². The van der Waals surface area contributed by atoms with Crippen LogP contribution in [0, 0.1) is 5.41 Å². The van der Waals surface area contributed by atoms with Crippen molar-refractivity contribution in [3.63, 3.8) is 0 Å². The standard InChI is InChI=1S/C13H23N3O3/c1-9-7-16(8-10(2)19-9)12(17)13(11(14)15-18)5-3-4-6-13/h9-10,18H,3-8H2,1-2H3,(H2,14,15)/t9-,10+. The van der Waals surface area contributed by atoms with Gasteiger partial charge in [-0.25, -0.2) is 0 Å². The molecule has 108 valence electrons. The predicted molar refractivity (Wildman–Crippen MR) is 70.9 cm³/mol. The van der Waals surface area contributed by atoms with Crippen LogP contribution < -0.4 is 5.73 Å². The summed E-state index contributed by atoms with van der Waals surface area (Å²) in [6, 6.07) is 0. The molecule has 0 aromatic heterocycles. The van der Waals surface area contributed by atoms with E-state index in [-0.39, 0.29) is 24.0 Å². The van der Waals surface area contributed by atoms with Gasteiger partial charge in [0, 0.05) is 13.1 Å². The average Bonchev–Trinajstić information content (AvgIpc) is 2.86. The molecule has 0 radical (unpaired) electrons. The summed E-state index contributed by atoms with van der Waals surface area (Å²) in [6.45, 7) is 5.06. The van der Waals surface area contributed by atoms with Crippen LogP contribution in [0.25, 0.3) is 0 Å². The molecular formula is C13H23N3O3. The Kier molecular flexibility index (Phi) is 3.99. The van der Waals surface area contributed by atoms with Crippen LogP contribution >= 0.6 is 0 Å². The van der Waals surface area contributed by atoms with E-state index in [1.165, 1.54) is 0 Å². The number of carbonyl (C=O) groups is 1. The Balaban J connectivity index is 2.20. The highest BCUT2D eigenvalue weighted by molar-refractivity contribution is 6.07. The van der Waals surface area contributed by atoms with Crippen molar-refractivity contribution in [2.45, 2.75) is 51.7 Å². The van der Waals surface area contributed by atoms with Crippen LogP contribution in [0.5, 0.6) is 0 Å². The molecule has 1 saturated carbocycles. The third-order valence-corrected chi connectivity index (χ3v) is 4.17. The van der Waals surface area contributed by atoms with Gasteiger partial charge in [-0.05, 0) is 26.7 Å². The summed E-state index contributed by atoms with van der Waals surface area (Å²) in [7, 11) is 0. The van der Waals surface area contributed by atoms with Crippen molar-refractivity contribution in [1.29, 1.82) is 0 Å². The van der Waals surface area contributed by atoms with Crippen LogP contribution in [0.15, 0.2) is 5.16 Å². The van der Waals surface area contributed by atoms with Gasteiger partial charge >= 0.3 is 0 Å². The number of nitrogens with two attached hydrogens (primary N) is 1. The van der Waals surface area contributed by atoms with Crippen LogP contribution in [0.2, 0.25) is 0 Å². The maximum atomic E-state index is 12.8. The third kappa shape index (κ3) is 2.54. The van der Waals surface area contributed by atoms with Gasteiger partial charge in [0.25, 0.3) is 0 Å². The quantitative estimate of drug-likeness (QED) is 0.338. The van der Waals surface area contributed by atoms with E-state index in [2.05, 4.69) is 5.16 Å². The lowest BCUT2D eigenvalue weighted by Crippen LogP contribution is -2.56. The summed E-state index contributed by atoms with van der Waals surface area (Å²) in [5.74, 6) is 0.0455. The summed E-state index contributed by atoms with van der Waals surface area (Å²) >= 11 is 0. The number of carbonyl (C=O) groups excluding carboxylic acids is 1. The molecular weight excluding hydrogens is 246 g/mol. The van der Waals surface area contributed by atoms with Gasteiger partial charge < -0.3 is 20.6 Å². The summed E-state index contributed by atoms with van der Waals surface area (Å²) in [5, 5.41) is 12.1. The lowest BCUT2D eigenvalue weighted by Gasteiger charge is -2.40. The van der Waals surface area contributed by atoms with Crippen molar-refractivity contribution in [3.8, 4) is 0 Å². The van der Waals surface area contributed by atoms with Crippen molar-refractivity contribution in [3.05, 3.63) is 0 Å². The average molecular weight is 269 g/mol. The zero-order valence-electron chi connectivity index (χ0n) is 11.6. The number of nitrogens with zero attached hydrogens (tertiary/aromatic N) is 2. The lowest BCUT2D eigenvalue weighted by atomic mass is 9.83. The molecule has 1 aliphatic carbocycles. The van der Waals surface area contributed by atoms with Crippen molar-refractivity contribution in [1.82, 2.24) is 4.90 Å². The van der Waals surface area contributed by atoms with E-state index in [9.17, 15) is 4.79 Å². The maximum absolute atomic E-state index is 12.8. The van der Waals surface area contributed by atoms with Gasteiger partial charge in [-0.1, -0.05) is 18.0 Å². The van der Waals surface area contributed by atoms with E-state index < -0.39 is 5.41 Å². The van der Waals surface area contributed by atoms with Gasteiger partial charge in [0.15, 0.2) is 5.84 Å². The van der Waals surface area contributed by atoms with Gasteiger partial charge in [0.1, 0.15) is 5.41 Å². The highest BCUT2D eigenvalue weighted by atomic mass is 16.5. The Hall–Kier alpha value is -1.30. The number of amidine groups is 1. The van der Waals surface area contributed by atoms with Gasteiger partial charge in [0.2, 0.25) is 5.91 Å². The number of oxime groups is 1. The normalized spacial score (nSPS) is 31.5. The summed E-state index contributed by atoms with van der Waals surface area (Å²) in [5.41, 5.74) is 5.01. The first-order valence-electron chi connectivity index (χ1n) is 6.92. The second kappa shape index (κ2) is 5.36. The molecule has 1 saturated heterocycles.